The molecule has 0 radical (unpaired) electrons. The van der Waals surface area contributed by atoms with E-state index in [1.165, 1.54) is 50.2 Å². The molecule has 1 rings (SSSR count). The number of unbranched alkanes of at least 4 members (excludes halogenated alkanes) is 1. The molecule has 84 valence electrons. The van der Waals surface area contributed by atoms with Crippen LogP contribution in [0, 0.1) is 5.92 Å². The fourth-order valence-corrected chi connectivity index (χ4v) is 3.16. The zero-order chi connectivity index (χ0) is 10.2. The van der Waals surface area contributed by atoms with Crippen molar-refractivity contribution in [3.63, 3.8) is 0 Å². The molecule has 0 saturated carbocycles. The summed E-state index contributed by atoms with van der Waals surface area (Å²) in [6.07, 6.45) is 6.89. The lowest BCUT2D eigenvalue weighted by Gasteiger charge is -2.18. The molecule has 1 N–H and O–H groups in total. The van der Waals surface area contributed by atoms with E-state index in [9.17, 15) is 0 Å². The quantitative estimate of drug-likeness (QED) is 0.699. The van der Waals surface area contributed by atoms with E-state index in [2.05, 4.69) is 30.9 Å². The van der Waals surface area contributed by atoms with Crippen molar-refractivity contribution >= 4 is 11.8 Å². The summed E-state index contributed by atoms with van der Waals surface area (Å²) >= 11 is 2.10. The molecular formula is C12H25NS. The second kappa shape index (κ2) is 7.58. The van der Waals surface area contributed by atoms with Crippen LogP contribution in [0.5, 0.6) is 0 Å². The summed E-state index contributed by atoms with van der Waals surface area (Å²) in [5.74, 6) is 3.62. The average Bonchev–Trinajstić information content (AvgIpc) is 2.71. The number of rotatable bonds is 7. The van der Waals surface area contributed by atoms with Crippen molar-refractivity contribution in [2.75, 3.05) is 18.1 Å². The molecular weight excluding hydrogens is 190 g/mol. The molecule has 2 atom stereocenters. The SMILES string of the molecule is CCCC[C@@H](CC)CN[C@H]1CCSC1. The van der Waals surface area contributed by atoms with Crippen molar-refractivity contribution < 1.29 is 0 Å². The first kappa shape index (κ1) is 12.4. The maximum Gasteiger partial charge on any atom is 0.0166 e. The fraction of sp³-hybridized carbons (Fsp3) is 1.00. The van der Waals surface area contributed by atoms with Crippen molar-refractivity contribution in [3.8, 4) is 0 Å². The number of nitrogens with one attached hydrogen (secondary N) is 1. The minimum Gasteiger partial charge on any atom is -0.313 e. The van der Waals surface area contributed by atoms with E-state index in [-0.39, 0.29) is 0 Å². The molecule has 0 spiro atoms. The van der Waals surface area contributed by atoms with Crippen LogP contribution in [-0.2, 0) is 0 Å². The third kappa shape index (κ3) is 4.70. The summed E-state index contributed by atoms with van der Waals surface area (Å²) in [6.45, 7) is 5.86. The minimum atomic E-state index is 0.815. The smallest absolute Gasteiger partial charge is 0.0166 e. The first-order valence-electron chi connectivity index (χ1n) is 6.18. The third-order valence-electron chi connectivity index (χ3n) is 3.17. The van der Waals surface area contributed by atoms with Gasteiger partial charge in [-0.15, -0.1) is 0 Å². The van der Waals surface area contributed by atoms with E-state index in [0.29, 0.717) is 0 Å². The molecule has 0 aliphatic carbocycles. The van der Waals surface area contributed by atoms with E-state index in [1.54, 1.807) is 0 Å². The molecule has 0 aromatic carbocycles. The summed E-state index contributed by atoms with van der Waals surface area (Å²) in [6, 6.07) is 0.815. The second-order valence-corrected chi connectivity index (χ2v) is 5.54. The van der Waals surface area contributed by atoms with Crippen molar-refractivity contribution in [2.45, 2.75) is 52.0 Å². The molecule has 0 aromatic rings. The summed E-state index contributed by atoms with van der Waals surface area (Å²) in [7, 11) is 0. The number of thioether (sulfide) groups is 1. The molecule has 1 aliphatic rings. The lowest BCUT2D eigenvalue weighted by atomic mass is 9.99. The maximum absolute atomic E-state index is 3.72. The van der Waals surface area contributed by atoms with Crippen molar-refractivity contribution in [3.05, 3.63) is 0 Å². The molecule has 2 heteroatoms. The highest BCUT2D eigenvalue weighted by molar-refractivity contribution is 7.99. The summed E-state index contributed by atoms with van der Waals surface area (Å²) in [4.78, 5) is 0. The van der Waals surface area contributed by atoms with Gasteiger partial charge in [0.2, 0.25) is 0 Å². The van der Waals surface area contributed by atoms with Crippen LogP contribution in [0.2, 0.25) is 0 Å². The Hall–Kier alpha value is 0.310. The summed E-state index contributed by atoms with van der Waals surface area (Å²) in [5, 5.41) is 3.72. The van der Waals surface area contributed by atoms with E-state index < -0.39 is 0 Å². The van der Waals surface area contributed by atoms with Crippen molar-refractivity contribution in [2.24, 2.45) is 5.92 Å². The predicted molar refractivity (Wildman–Crippen MR) is 67.0 cm³/mol. The summed E-state index contributed by atoms with van der Waals surface area (Å²) < 4.78 is 0. The van der Waals surface area contributed by atoms with Crippen LogP contribution >= 0.6 is 11.8 Å². The van der Waals surface area contributed by atoms with Gasteiger partial charge >= 0.3 is 0 Å². The van der Waals surface area contributed by atoms with Crippen LogP contribution in [0.3, 0.4) is 0 Å². The van der Waals surface area contributed by atoms with E-state index in [4.69, 9.17) is 0 Å². The van der Waals surface area contributed by atoms with Gasteiger partial charge in [0.1, 0.15) is 0 Å². The monoisotopic (exact) mass is 215 g/mol. The molecule has 0 unspecified atom stereocenters. The molecule has 0 aromatic heterocycles. The second-order valence-electron chi connectivity index (χ2n) is 4.39. The van der Waals surface area contributed by atoms with Gasteiger partial charge in [0.15, 0.2) is 0 Å². The van der Waals surface area contributed by atoms with Crippen LogP contribution in [0.4, 0.5) is 0 Å². The van der Waals surface area contributed by atoms with E-state index >= 15 is 0 Å². The van der Waals surface area contributed by atoms with Gasteiger partial charge in [-0.2, -0.15) is 11.8 Å². The van der Waals surface area contributed by atoms with Crippen molar-refractivity contribution in [1.29, 1.82) is 0 Å². The number of hydrogen-bond acceptors (Lipinski definition) is 2. The molecule has 1 nitrogen and oxygen atoms in total. The molecule has 0 bridgehead atoms. The van der Waals surface area contributed by atoms with Gasteiger partial charge in [-0.3, -0.25) is 0 Å². The molecule has 1 aliphatic heterocycles. The molecule has 1 heterocycles. The van der Waals surface area contributed by atoms with Gasteiger partial charge in [0.25, 0.3) is 0 Å². The largest absolute Gasteiger partial charge is 0.313 e. The predicted octanol–water partition coefficient (Wildman–Crippen LogP) is 3.30. The van der Waals surface area contributed by atoms with Crippen molar-refractivity contribution in [1.82, 2.24) is 5.32 Å². The maximum atomic E-state index is 3.72. The highest BCUT2D eigenvalue weighted by Gasteiger charge is 2.15. The number of hydrogen-bond donors (Lipinski definition) is 1. The van der Waals surface area contributed by atoms with Crippen LogP contribution in [0.15, 0.2) is 0 Å². The third-order valence-corrected chi connectivity index (χ3v) is 4.33. The topological polar surface area (TPSA) is 12.0 Å². The Morgan fingerprint density at radius 3 is 2.86 bits per heavy atom. The molecule has 1 saturated heterocycles. The van der Waals surface area contributed by atoms with Crippen LogP contribution in [-0.4, -0.2) is 24.1 Å². The van der Waals surface area contributed by atoms with E-state index in [1.807, 2.05) is 0 Å². The van der Waals surface area contributed by atoms with Gasteiger partial charge in [0.05, 0.1) is 0 Å². The van der Waals surface area contributed by atoms with Crippen LogP contribution < -0.4 is 5.32 Å². The Morgan fingerprint density at radius 1 is 1.43 bits per heavy atom. The summed E-state index contributed by atoms with van der Waals surface area (Å²) in [5.41, 5.74) is 0. The van der Waals surface area contributed by atoms with Gasteiger partial charge in [-0.05, 0) is 31.1 Å². The van der Waals surface area contributed by atoms with Gasteiger partial charge < -0.3 is 5.32 Å². The molecule has 1 fully saturated rings. The Labute approximate surface area is 93.4 Å². The fourth-order valence-electron chi connectivity index (χ4n) is 1.97. The Morgan fingerprint density at radius 2 is 2.29 bits per heavy atom. The lowest BCUT2D eigenvalue weighted by molar-refractivity contribution is 0.397. The van der Waals surface area contributed by atoms with E-state index in [0.717, 1.165) is 12.0 Å². The zero-order valence-corrected chi connectivity index (χ0v) is 10.5. The highest BCUT2D eigenvalue weighted by Crippen LogP contribution is 2.18. The standard InChI is InChI=1S/C12H25NS/c1-3-5-6-11(4-2)9-13-12-7-8-14-10-12/h11-13H,3-10H2,1-2H3/t11-,12+/m1/s1. The molecule has 14 heavy (non-hydrogen) atoms. The highest BCUT2D eigenvalue weighted by atomic mass is 32.2. The Kier molecular flexibility index (Phi) is 6.70. The van der Waals surface area contributed by atoms with Crippen LogP contribution in [0.1, 0.15) is 46.0 Å². The average molecular weight is 215 g/mol. The Balaban J connectivity index is 2.06. The first-order chi connectivity index (χ1) is 6.86. The van der Waals surface area contributed by atoms with Gasteiger partial charge in [-0.25, -0.2) is 0 Å². The minimum absolute atomic E-state index is 0.815. The van der Waals surface area contributed by atoms with Crippen LogP contribution in [0.25, 0.3) is 0 Å². The first-order valence-corrected chi connectivity index (χ1v) is 7.33. The zero-order valence-electron chi connectivity index (χ0n) is 9.72. The van der Waals surface area contributed by atoms with Gasteiger partial charge in [-0.1, -0.05) is 33.1 Å². The lowest BCUT2D eigenvalue weighted by Crippen LogP contribution is -2.33. The normalized spacial score (nSPS) is 24.0. The Bertz CT molecular complexity index is 132. The molecule has 0 amide bonds. The van der Waals surface area contributed by atoms with Gasteiger partial charge in [0, 0.05) is 11.8 Å².